The molecular weight excluding hydrogens is 256 g/mol. The maximum atomic E-state index is 12.1. The number of nitrogen functional groups attached to an aromatic ring is 1. The number of amides is 1. The van der Waals surface area contributed by atoms with Crippen LogP contribution in [0.5, 0.6) is 0 Å². The van der Waals surface area contributed by atoms with Crippen LogP contribution < -0.4 is 11.1 Å². The number of thiophene rings is 1. The number of carbonyl (C=O) groups excluding carboxylic acids is 1. The highest BCUT2D eigenvalue weighted by atomic mass is 32.1. The molecule has 1 aromatic carbocycles. The zero-order valence-corrected chi connectivity index (χ0v) is 12.2. The lowest BCUT2D eigenvalue weighted by atomic mass is 10.1. The highest BCUT2D eigenvalue weighted by molar-refractivity contribution is 7.12. The van der Waals surface area contributed by atoms with Crippen molar-refractivity contribution in [1.29, 1.82) is 0 Å². The molecule has 100 valence electrons. The van der Waals surface area contributed by atoms with Crippen molar-refractivity contribution >= 4 is 22.9 Å². The molecule has 0 aliphatic heterocycles. The second-order valence-electron chi connectivity index (χ2n) is 4.67. The Hall–Kier alpha value is -1.81. The van der Waals surface area contributed by atoms with Crippen molar-refractivity contribution in [2.45, 2.75) is 27.3 Å². The molecule has 2 rings (SSSR count). The molecule has 0 unspecified atom stereocenters. The second-order valence-corrected chi connectivity index (χ2v) is 6.01. The number of carbonyl (C=O) groups is 1. The maximum absolute atomic E-state index is 12.1. The van der Waals surface area contributed by atoms with Crippen LogP contribution in [0, 0.1) is 20.8 Å². The molecule has 1 heterocycles. The Kier molecular flexibility index (Phi) is 3.90. The van der Waals surface area contributed by atoms with Gasteiger partial charge in [0.25, 0.3) is 5.91 Å². The van der Waals surface area contributed by atoms with E-state index in [2.05, 4.69) is 25.2 Å². The van der Waals surface area contributed by atoms with Gasteiger partial charge < -0.3 is 11.1 Å². The molecule has 3 N–H and O–H groups in total. The number of benzene rings is 1. The zero-order chi connectivity index (χ0) is 14.0. The van der Waals surface area contributed by atoms with E-state index >= 15 is 0 Å². The molecule has 0 saturated carbocycles. The lowest BCUT2D eigenvalue weighted by Gasteiger charge is -2.08. The molecule has 1 aromatic heterocycles. The number of hydrogen-bond acceptors (Lipinski definition) is 3. The topological polar surface area (TPSA) is 55.1 Å². The van der Waals surface area contributed by atoms with Crippen LogP contribution in [0.2, 0.25) is 0 Å². The molecule has 0 aliphatic carbocycles. The first-order valence-electron chi connectivity index (χ1n) is 6.18. The summed E-state index contributed by atoms with van der Waals surface area (Å²) in [5.41, 5.74) is 9.22. The second kappa shape index (κ2) is 5.45. The van der Waals surface area contributed by atoms with Gasteiger partial charge in [0.1, 0.15) is 0 Å². The van der Waals surface area contributed by atoms with Crippen LogP contribution in [0.25, 0.3) is 0 Å². The van der Waals surface area contributed by atoms with Gasteiger partial charge in [0, 0.05) is 15.4 Å². The highest BCUT2D eigenvalue weighted by Crippen LogP contribution is 2.21. The van der Waals surface area contributed by atoms with Crippen molar-refractivity contribution in [2.24, 2.45) is 0 Å². The summed E-state index contributed by atoms with van der Waals surface area (Å²) in [6.45, 7) is 6.61. The fourth-order valence-electron chi connectivity index (χ4n) is 1.88. The van der Waals surface area contributed by atoms with E-state index in [0.717, 1.165) is 10.4 Å². The number of hydrogen-bond donors (Lipinski definition) is 2. The van der Waals surface area contributed by atoms with E-state index in [1.165, 1.54) is 10.4 Å². The minimum Gasteiger partial charge on any atom is -0.398 e. The van der Waals surface area contributed by atoms with Crippen molar-refractivity contribution in [3.63, 3.8) is 0 Å². The molecule has 0 bridgehead atoms. The quantitative estimate of drug-likeness (QED) is 0.845. The summed E-state index contributed by atoms with van der Waals surface area (Å²) in [6.07, 6.45) is 0. The number of anilines is 1. The first-order chi connectivity index (χ1) is 8.99. The molecule has 0 radical (unpaired) electrons. The molecule has 0 atom stereocenters. The van der Waals surface area contributed by atoms with Gasteiger partial charge in [0.05, 0.1) is 12.1 Å². The summed E-state index contributed by atoms with van der Waals surface area (Å²) >= 11 is 1.71. The van der Waals surface area contributed by atoms with Crippen LogP contribution >= 0.6 is 11.3 Å². The Balaban J connectivity index is 2.07. The van der Waals surface area contributed by atoms with Crippen LogP contribution in [0.15, 0.2) is 24.3 Å². The predicted molar refractivity (Wildman–Crippen MR) is 80.6 cm³/mol. The van der Waals surface area contributed by atoms with Gasteiger partial charge in [-0.05, 0) is 44.0 Å². The monoisotopic (exact) mass is 274 g/mol. The normalized spacial score (nSPS) is 10.5. The van der Waals surface area contributed by atoms with Gasteiger partial charge in [-0.15, -0.1) is 11.3 Å². The smallest absolute Gasteiger partial charge is 0.253 e. The summed E-state index contributed by atoms with van der Waals surface area (Å²) in [5.74, 6) is -0.120. The molecule has 0 saturated heterocycles. The molecule has 0 fully saturated rings. The Labute approximate surface area is 117 Å². The Morgan fingerprint density at radius 3 is 2.63 bits per heavy atom. The van der Waals surface area contributed by atoms with Gasteiger partial charge in [-0.25, -0.2) is 0 Å². The summed E-state index contributed by atoms with van der Waals surface area (Å²) in [7, 11) is 0. The Bertz CT molecular complexity index is 597. The third-order valence-electron chi connectivity index (χ3n) is 3.21. The first-order valence-corrected chi connectivity index (χ1v) is 7.00. The van der Waals surface area contributed by atoms with E-state index in [1.807, 2.05) is 19.1 Å². The molecule has 19 heavy (non-hydrogen) atoms. The van der Waals surface area contributed by atoms with E-state index in [4.69, 9.17) is 5.73 Å². The van der Waals surface area contributed by atoms with E-state index in [-0.39, 0.29) is 5.91 Å². The third kappa shape index (κ3) is 2.96. The van der Waals surface area contributed by atoms with E-state index in [1.54, 1.807) is 17.4 Å². The molecule has 1 amide bonds. The van der Waals surface area contributed by atoms with Crippen molar-refractivity contribution in [3.8, 4) is 0 Å². The molecular formula is C15H18N2OS. The van der Waals surface area contributed by atoms with Gasteiger partial charge in [0.2, 0.25) is 0 Å². The fourth-order valence-corrected chi connectivity index (χ4v) is 2.87. The van der Waals surface area contributed by atoms with Gasteiger partial charge in [-0.3, -0.25) is 4.79 Å². The van der Waals surface area contributed by atoms with Crippen molar-refractivity contribution in [1.82, 2.24) is 5.32 Å². The molecule has 2 aromatic rings. The van der Waals surface area contributed by atoms with Crippen LogP contribution in [0.3, 0.4) is 0 Å². The van der Waals surface area contributed by atoms with Crippen molar-refractivity contribution in [3.05, 3.63) is 50.7 Å². The number of para-hydroxylation sites is 1. The SMILES string of the molecule is Cc1cc(CNC(=O)c2cccc(C)c2N)sc1C. The number of nitrogens with one attached hydrogen (secondary N) is 1. The highest BCUT2D eigenvalue weighted by Gasteiger charge is 2.11. The lowest BCUT2D eigenvalue weighted by Crippen LogP contribution is -2.23. The van der Waals surface area contributed by atoms with Crippen LogP contribution in [0.1, 0.15) is 31.2 Å². The average molecular weight is 274 g/mol. The minimum atomic E-state index is -0.120. The minimum absolute atomic E-state index is 0.120. The number of rotatable bonds is 3. The van der Waals surface area contributed by atoms with E-state index in [0.29, 0.717) is 17.8 Å². The number of aryl methyl sites for hydroxylation is 3. The number of nitrogens with two attached hydrogens (primary N) is 1. The summed E-state index contributed by atoms with van der Waals surface area (Å²) < 4.78 is 0. The zero-order valence-electron chi connectivity index (χ0n) is 11.4. The third-order valence-corrected chi connectivity index (χ3v) is 4.36. The largest absolute Gasteiger partial charge is 0.398 e. The predicted octanol–water partition coefficient (Wildman–Crippen LogP) is 3.19. The molecule has 4 heteroatoms. The standard InChI is InChI=1S/C15H18N2OS/c1-9-5-4-6-13(14(9)16)15(18)17-8-12-7-10(2)11(3)19-12/h4-7H,8,16H2,1-3H3,(H,17,18). The van der Waals surface area contributed by atoms with Crippen molar-refractivity contribution in [2.75, 3.05) is 5.73 Å². The van der Waals surface area contributed by atoms with E-state index < -0.39 is 0 Å². The van der Waals surface area contributed by atoms with Crippen molar-refractivity contribution < 1.29 is 4.79 Å². The van der Waals surface area contributed by atoms with Crippen LogP contribution in [-0.2, 0) is 6.54 Å². The summed E-state index contributed by atoms with van der Waals surface area (Å²) in [4.78, 5) is 14.5. The first kappa shape index (κ1) is 13.6. The molecule has 0 aliphatic rings. The summed E-state index contributed by atoms with van der Waals surface area (Å²) in [5, 5.41) is 2.92. The Morgan fingerprint density at radius 1 is 1.26 bits per heavy atom. The van der Waals surface area contributed by atoms with Gasteiger partial charge >= 0.3 is 0 Å². The van der Waals surface area contributed by atoms with Gasteiger partial charge in [-0.2, -0.15) is 0 Å². The maximum Gasteiger partial charge on any atom is 0.253 e. The fraction of sp³-hybridized carbons (Fsp3) is 0.267. The Morgan fingerprint density at radius 2 is 2.00 bits per heavy atom. The molecule has 0 spiro atoms. The van der Waals surface area contributed by atoms with E-state index in [9.17, 15) is 4.79 Å². The lowest BCUT2D eigenvalue weighted by molar-refractivity contribution is 0.0952. The van der Waals surface area contributed by atoms with Crippen LogP contribution in [0.4, 0.5) is 5.69 Å². The van der Waals surface area contributed by atoms with Gasteiger partial charge in [-0.1, -0.05) is 12.1 Å². The van der Waals surface area contributed by atoms with Gasteiger partial charge in [0.15, 0.2) is 0 Å². The van der Waals surface area contributed by atoms with Crippen LogP contribution in [-0.4, -0.2) is 5.91 Å². The average Bonchev–Trinajstić information content (AvgIpc) is 2.69. The molecule has 3 nitrogen and oxygen atoms in total. The summed E-state index contributed by atoms with van der Waals surface area (Å²) in [6, 6.07) is 7.61.